The van der Waals surface area contributed by atoms with Crippen molar-refractivity contribution in [3.8, 4) is 0 Å². The molecule has 1 aromatic carbocycles. The third-order valence-corrected chi connectivity index (χ3v) is 4.34. The van der Waals surface area contributed by atoms with Crippen LogP contribution in [0.25, 0.3) is 0 Å². The largest absolute Gasteiger partial charge is 0.333 e. The van der Waals surface area contributed by atoms with E-state index in [1.807, 2.05) is 23.1 Å². The van der Waals surface area contributed by atoms with Gasteiger partial charge < -0.3 is 10.2 Å². The van der Waals surface area contributed by atoms with Crippen LogP contribution in [0.2, 0.25) is 5.02 Å². The topological polar surface area (TPSA) is 32.3 Å². The predicted octanol–water partition coefficient (Wildman–Crippen LogP) is 3.64. The normalized spacial score (nSPS) is 20.3. The predicted molar refractivity (Wildman–Crippen MR) is 87.5 cm³/mol. The number of carbonyl (C=O) groups excluding carboxylic acids is 1. The number of amides is 1. The number of benzene rings is 1. The summed E-state index contributed by atoms with van der Waals surface area (Å²) in [5.74, 6) is 0.722. The molecular weight excluding hydrogens is 284 g/mol. The van der Waals surface area contributed by atoms with Gasteiger partial charge in [-0.15, -0.1) is 0 Å². The molecule has 1 fully saturated rings. The van der Waals surface area contributed by atoms with Gasteiger partial charge in [0, 0.05) is 31.1 Å². The van der Waals surface area contributed by atoms with Gasteiger partial charge in [-0.1, -0.05) is 50.4 Å². The summed E-state index contributed by atoms with van der Waals surface area (Å²) in [6.07, 6.45) is 2.89. The highest BCUT2D eigenvalue weighted by atomic mass is 35.5. The van der Waals surface area contributed by atoms with Gasteiger partial charge in [0.2, 0.25) is 5.91 Å². The van der Waals surface area contributed by atoms with Crippen molar-refractivity contribution in [1.82, 2.24) is 10.2 Å². The Morgan fingerprint density at radius 3 is 3.05 bits per heavy atom. The van der Waals surface area contributed by atoms with Crippen molar-refractivity contribution in [3.05, 3.63) is 34.9 Å². The highest BCUT2D eigenvalue weighted by Crippen LogP contribution is 2.26. The van der Waals surface area contributed by atoms with Gasteiger partial charge in [0.1, 0.15) is 0 Å². The lowest BCUT2D eigenvalue weighted by Gasteiger charge is -2.37. The van der Waals surface area contributed by atoms with Crippen LogP contribution in [0.1, 0.15) is 44.7 Å². The molecular formula is C17H25ClN2O. The van der Waals surface area contributed by atoms with Gasteiger partial charge in [0.15, 0.2) is 0 Å². The molecule has 2 atom stereocenters. The number of carbonyl (C=O) groups is 1. The maximum atomic E-state index is 12.6. The zero-order valence-electron chi connectivity index (χ0n) is 12.9. The van der Waals surface area contributed by atoms with Crippen molar-refractivity contribution in [2.45, 2.75) is 39.2 Å². The Balaban J connectivity index is 2.10. The summed E-state index contributed by atoms with van der Waals surface area (Å²) in [4.78, 5) is 14.6. The zero-order chi connectivity index (χ0) is 15.2. The van der Waals surface area contributed by atoms with Gasteiger partial charge in [-0.25, -0.2) is 0 Å². The summed E-state index contributed by atoms with van der Waals surface area (Å²) in [6, 6.07) is 7.94. The molecule has 1 aliphatic heterocycles. The lowest BCUT2D eigenvalue weighted by Crippen LogP contribution is -2.49. The molecule has 1 N–H and O–H groups in total. The Morgan fingerprint density at radius 2 is 2.33 bits per heavy atom. The summed E-state index contributed by atoms with van der Waals surface area (Å²) in [5.41, 5.74) is 1.12. The zero-order valence-corrected chi connectivity index (χ0v) is 13.7. The van der Waals surface area contributed by atoms with Crippen LogP contribution >= 0.6 is 11.6 Å². The summed E-state index contributed by atoms with van der Waals surface area (Å²) >= 11 is 6.09. The minimum Gasteiger partial charge on any atom is -0.333 e. The number of hydrogen-bond acceptors (Lipinski definition) is 2. The molecule has 3 nitrogen and oxygen atoms in total. The first-order valence-corrected chi connectivity index (χ1v) is 8.25. The molecule has 21 heavy (non-hydrogen) atoms. The van der Waals surface area contributed by atoms with Gasteiger partial charge in [-0.2, -0.15) is 0 Å². The molecule has 2 rings (SSSR count). The second kappa shape index (κ2) is 7.81. The van der Waals surface area contributed by atoms with Gasteiger partial charge in [-0.3, -0.25) is 4.79 Å². The first-order valence-electron chi connectivity index (χ1n) is 7.87. The summed E-state index contributed by atoms with van der Waals surface area (Å²) in [7, 11) is 0. The number of rotatable bonds is 5. The lowest BCUT2D eigenvalue weighted by atomic mass is 9.98. The molecule has 0 bridgehead atoms. The maximum absolute atomic E-state index is 12.6. The van der Waals surface area contributed by atoms with E-state index >= 15 is 0 Å². The molecule has 1 aliphatic rings. The molecule has 4 heteroatoms. The Morgan fingerprint density at radius 1 is 1.52 bits per heavy atom. The fraction of sp³-hybridized carbons (Fsp3) is 0.588. The number of halogens is 1. The molecule has 1 heterocycles. The standard InChI is InChI=1S/C17H25ClN2O/c1-3-5-13(2)10-17(21)20-9-8-19-12-16(20)14-6-4-7-15(18)11-14/h4,6-7,11,13,16,19H,3,5,8-10,12H2,1-2H3. The first-order chi connectivity index (χ1) is 10.1. The van der Waals surface area contributed by atoms with Crippen LogP contribution in [0.5, 0.6) is 0 Å². The second-order valence-electron chi connectivity index (χ2n) is 5.96. The summed E-state index contributed by atoms with van der Waals surface area (Å²) in [5, 5.41) is 4.11. The van der Waals surface area contributed by atoms with Crippen LogP contribution in [-0.4, -0.2) is 30.4 Å². The van der Waals surface area contributed by atoms with Crippen LogP contribution < -0.4 is 5.32 Å². The van der Waals surface area contributed by atoms with Crippen LogP contribution in [-0.2, 0) is 4.79 Å². The maximum Gasteiger partial charge on any atom is 0.223 e. The van der Waals surface area contributed by atoms with Crippen molar-refractivity contribution in [2.75, 3.05) is 19.6 Å². The molecule has 0 radical (unpaired) electrons. The second-order valence-corrected chi connectivity index (χ2v) is 6.40. The van der Waals surface area contributed by atoms with E-state index in [2.05, 4.69) is 25.2 Å². The molecule has 116 valence electrons. The van der Waals surface area contributed by atoms with Gasteiger partial charge in [-0.05, 0) is 23.6 Å². The van der Waals surface area contributed by atoms with E-state index in [9.17, 15) is 4.79 Å². The SMILES string of the molecule is CCCC(C)CC(=O)N1CCNCC1c1cccc(Cl)c1. The van der Waals surface area contributed by atoms with Gasteiger partial charge in [0.05, 0.1) is 6.04 Å². The number of nitrogens with one attached hydrogen (secondary N) is 1. The molecule has 0 saturated carbocycles. The smallest absolute Gasteiger partial charge is 0.223 e. The molecule has 1 saturated heterocycles. The van der Waals surface area contributed by atoms with E-state index in [1.165, 1.54) is 0 Å². The van der Waals surface area contributed by atoms with E-state index in [0.29, 0.717) is 12.3 Å². The van der Waals surface area contributed by atoms with E-state index in [1.54, 1.807) is 0 Å². The first kappa shape index (κ1) is 16.3. The summed E-state index contributed by atoms with van der Waals surface area (Å²) in [6.45, 7) is 6.77. The minimum absolute atomic E-state index is 0.0961. The monoisotopic (exact) mass is 308 g/mol. The third-order valence-electron chi connectivity index (χ3n) is 4.10. The highest BCUT2D eigenvalue weighted by Gasteiger charge is 2.28. The van der Waals surface area contributed by atoms with E-state index in [0.717, 1.165) is 43.1 Å². The molecule has 0 aliphatic carbocycles. The van der Waals surface area contributed by atoms with Crippen LogP contribution in [0.4, 0.5) is 0 Å². The quantitative estimate of drug-likeness (QED) is 0.900. The highest BCUT2D eigenvalue weighted by molar-refractivity contribution is 6.30. The van der Waals surface area contributed by atoms with Crippen LogP contribution in [0.3, 0.4) is 0 Å². The van der Waals surface area contributed by atoms with Crippen LogP contribution in [0.15, 0.2) is 24.3 Å². The molecule has 1 amide bonds. The van der Waals surface area contributed by atoms with Crippen molar-refractivity contribution in [2.24, 2.45) is 5.92 Å². The van der Waals surface area contributed by atoms with Crippen molar-refractivity contribution >= 4 is 17.5 Å². The Labute approximate surface area is 132 Å². The Bertz CT molecular complexity index is 478. The Kier molecular flexibility index (Phi) is 6.07. The fourth-order valence-electron chi connectivity index (χ4n) is 3.02. The third kappa shape index (κ3) is 4.45. The molecule has 0 aromatic heterocycles. The summed E-state index contributed by atoms with van der Waals surface area (Å²) < 4.78 is 0. The average molecular weight is 309 g/mol. The number of piperazine rings is 1. The van der Waals surface area contributed by atoms with Gasteiger partial charge in [0.25, 0.3) is 0 Å². The van der Waals surface area contributed by atoms with Crippen molar-refractivity contribution in [1.29, 1.82) is 0 Å². The minimum atomic E-state index is 0.0961. The van der Waals surface area contributed by atoms with Crippen molar-refractivity contribution in [3.63, 3.8) is 0 Å². The van der Waals surface area contributed by atoms with E-state index in [-0.39, 0.29) is 11.9 Å². The van der Waals surface area contributed by atoms with E-state index in [4.69, 9.17) is 11.6 Å². The Hall–Kier alpha value is -1.06. The van der Waals surface area contributed by atoms with Gasteiger partial charge >= 0.3 is 0 Å². The lowest BCUT2D eigenvalue weighted by molar-refractivity contribution is -0.135. The van der Waals surface area contributed by atoms with E-state index < -0.39 is 0 Å². The molecule has 0 spiro atoms. The van der Waals surface area contributed by atoms with Crippen molar-refractivity contribution < 1.29 is 4.79 Å². The van der Waals surface area contributed by atoms with Crippen LogP contribution in [0, 0.1) is 5.92 Å². The molecule has 2 unspecified atom stereocenters. The number of nitrogens with zero attached hydrogens (tertiary/aromatic N) is 1. The fourth-order valence-corrected chi connectivity index (χ4v) is 3.22. The number of hydrogen-bond donors (Lipinski definition) is 1. The average Bonchev–Trinajstić information content (AvgIpc) is 2.47. The molecule has 1 aromatic rings.